The Morgan fingerprint density at radius 1 is 1.44 bits per heavy atom. The fourth-order valence-electron chi connectivity index (χ4n) is 1.73. The molecule has 1 amide bonds. The first-order valence-electron chi connectivity index (χ1n) is 5.98. The first kappa shape index (κ1) is 12.8. The van der Waals surface area contributed by atoms with E-state index in [0.717, 1.165) is 17.3 Å². The van der Waals surface area contributed by atoms with Crippen molar-refractivity contribution in [3.63, 3.8) is 0 Å². The molecule has 0 aliphatic heterocycles. The van der Waals surface area contributed by atoms with Gasteiger partial charge in [0.05, 0.1) is 11.1 Å². The summed E-state index contributed by atoms with van der Waals surface area (Å²) in [5.74, 6) is -0.107. The van der Waals surface area contributed by atoms with Gasteiger partial charge < -0.3 is 5.32 Å². The Morgan fingerprint density at radius 2 is 2.17 bits per heavy atom. The first-order chi connectivity index (χ1) is 8.61. The van der Waals surface area contributed by atoms with E-state index >= 15 is 0 Å². The summed E-state index contributed by atoms with van der Waals surface area (Å²) >= 11 is 5.95. The third-order valence-corrected chi connectivity index (χ3v) is 3.11. The maximum absolute atomic E-state index is 12.2. The molecule has 2 aromatic rings. The topological polar surface area (TPSA) is 42.0 Å². The van der Waals surface area contributed by atoms with Gasteiger partial charge in [0.25, 0.3) is 5.91 Å². The van der Waals surface area contributed by atoms with Crippen LogP contribution in [0.2, 0.25) is 5.15 Å². The number of nitrogens with one attached hydrogen (secondary N) is 1. The molecule has 1 atom stereocenters. The lowest BCUT2D eigenvalue weighted by Gasteiger charge is -2.12. The molecule has 1 N–H and O–H groups in total. The minimum absolute atomic E-state index is 0.107. The fourth-order valence-corrected chi connectivity index (χ4v) is 1.93. The average molecular weight is 263 g/mol. The largest absolute Gasteiger partial charge is 0.350 e. The van der Waals surface area contributed by atoms with Crippen LogP contribution >= 0.6 is 11.6 Å². The van der Waals surface area contributed by atoms with Crippen molar-refractivity contribution >= 4 is 28.4 Å². The number of benzene rings is 1. The number of carbonyl (C=O) groups excluding carboxylic acids is 1. The zero-order chi connectivity index (χ0) is 13.1. The van der Waals surface area contributed by atoms with Crippen LogP contribution < -0.4 is 5.32 Å². The molecule has 0 saturated carbocycles. The lowest BCUT2D eigenvalue weighted by Crippen LogP contribution is -2.32. The summed E-state index contributed by atoms with van der Waals surface area (Å²) in [6.45, 7) is 4.01. The Balaban J connectivity index is 2.46. The predicted octanol–water partition coefficient (Wildman–Crippen LogP) is 3.42. The number of fused-ring (bicyclic) bond motifs is 1. The Bertz CT molecular complexity index is 583. The van der Waals surface area contributed by atoms with Gasteiger partial charge in [-0.25, -0.2) is 4.98 Å². The van der Waals surface area contributed by atoms with Crippen molar-refractivity contribution in [1.82, 2.24) is 10.3 Å². The van der Waals surface area contributed by atoms with Crippen molar-refractivity contribution in [1.29, 1.82) is 0 Å². The molecule has 0 fully saturated rings. The highest BCUT2D eigenvalue weighted by Crippen LogP contribution is 2.20. The van der Waals surface area contributed by atoms with Gasteiger partial charge in [-0.05, 0) is 25.5 Å². The summed E-state index contributed by atoms with van der Waals surface area (Å²) in [4.78, 5) is 16.4. The van der Waals surface area contributed by atoms with Gasteiger partial charge >= 0.3 is 0 Å². The number of rotatable bonds is 3. The van der Waals surface area contributed by atoms with E-state index in [1.807, 2.05) is 38.1 Å². The summed E-state index contributed by atoms with van der Waals surface area (Å²) in [5.41, 5.74) is 1.31. The molecule has 0 spiro atoms. The molecular formula is C14H15ClN2O. The lowest BCUT2D eigenvalue weighted by atomic mass is 10.1. The zero-order valence-electron chi connectivity index (χ0n) is 10.4. The highest BCUT2D eigenvalue weighted by Gasteiger charge is 2.13. The average Bonchev–Trinajstić information content (AvgIpc) is 2.37. The molecule has 2 rings (SSSR count). The number of aromatic nitrogens is 1. The van der Waals surface area contributed by atoms with Gasteiger partial charge in [0, 0.05) is 11.4 Å². The van der Waals surface area contributed by atoms with Gasteiger partial charge in [0.1, 0.15) is 5.15 Å². The van der Waals surface area contributed by atoms with Crippen LogP contribution in [-0.4, -0.2) is 16.9 Å². The minimum Gasteiger partial charge on any atom is -0.350 e. The van der Waals surface area contributed by atoms with Crippen molar-refractivity contribution in [2.24, 2.45) is 0 Å². The fraction of sp³-hybridized carbons (Fsp3) is 0.286. The second-order valence-corrected chi connectivity index (χ2v) is 4.68. The van der Waals surface area contributed by atoms with Gasteiger partial charge in [0.15, 0.2) is 0 Å². The third-order valence-electron chi connectivity index (χ3n) is 2.92. The third kappa shape index (κ3) is 2.62. The number of hydrogen-bond donors (Lipinski definition) is 1. The number of nitrogens with zero attached hydrogens (tertiary/aromatic N) is 1. The SMILES string of the molecule is CCC(C)NC(=O)c1cc(Cl)nc2ccccc12. The summed E-state index contributed by atoms with van der Waals surface area (Å²) in [6, 6.07) is 9.25. The molecule has 0 radical (unpaired) electrons. The molecule has 1 unspecified atom stereocenters. The highest BCUT2D eigenvalue weighted by atomic mass is 35.5. The lowest BCUT2D eigenvalue weighted by molar-refractivity contribution is 0.0941. The molecule has 1 aromatic carbocycles. The molecule has 18 heavy (non-hydrogen) atoms. The molecule has 1 heterocycles. The second kappa shape index (κ2) is 5.36. The van der Waals surface area contributed by atoms with E-state index in [0.29, 0.717) is 10.7 Å². The van der Waals surface area contributed by atoms with Gasteiger partial charge in [0.2, 0.25) is 0 Å². The standard InChI is InChI=1S/C14H15ClN2O/c1-3-9(2)16-14(18)11-8-13(15)17-12-7-5-4-6-10(11)12/h4-9H,3H2,1-2H3,(H,16,18). The second-order valence-electron chi connectivity index (χ2n) is 4.29. The number of pyridine rings is 1. The quantitative estimate of drug-likeness (QED) is 0.862. The molecule has 94 valence electrons. The van der Waals surface area contributed by atoms with Crippen molar-refractivity contribution in [3.05, 3.63) is 41.0 Å². The Hall–Kier alpha value is -1.61. The number of para-hydroxylation sites is 1. The summed E-state index contributed by atoms with van der Waals surface area (Å²) in [6.07, 6.45) is 0.891. The monoisotopic (exact) mass is 262 g/mol. The Kier molecular flexibility index (Phi) is 3.82. The zero-order valence-corrected chi connectivity index (χ0v) is 11.2. The normalized spacial score (nSPS) is 12.4. The van der Waals surface area contributed by atoms with Crippen molar-refractivity contribution < 1.29 is 4.79 Å². The van der Waals surface area contributed by atoms with Crippen LogP contribution in [0.25, 0.3) is 10.9 Å². The van der Waals surface area contributed by atoms with Gasteiger partial charge in [-0.3, -0.25) is 4.79 Å². The van der Waals surface area contributed by atoms with Crippen molar-refractivity contribution in [2.45, 2.75) is 26.3 Å². The summed E-state index contributed by atoms with van der Waals surface area (Å²) < 4.78 is 0. The molecule has 0 aliphatic carbocycles. The van der Waals surface area contributed by atoms with Crippen LogP contribution in [0.3, 0.4) is 0 Å². The summed E-state index contributed by atoms with van der Waals surface area (Å²) in [7, 11) is 0. The van der Waals surface area contributed by atoms with Crippen LogP contribution in [-0.2, 0) is 0 Å². The van der Waals surface area contributed by atoms with E-state index in [2.05, 4.69) is 10.3 Å². The number of halogens is 1. The number of carbonyl (C=O) groups is 1. The molecule has 0 bridgehead atoms. The van der Waals surface area contributed by atoms with E-state index in [9.17, 15) is 4.79 Å². The van der Waals surface area contributed by atoms with Crippen LogP contribution in [0.5, 0.6) is 0 Å². The van der Waals surface area contributed by atoms with Crippen molar-refractivity contribution in [2.75, 3.05) is 0 Å². The maximum atomic E-state index is 12.2. The van der Waals surface area contributed by atoms with E-state index in [1.54, 1.807) is 6.07 Å². The number of amides is 1. The van der Waals surface area contributed by atoms with Crippen LogP contribution in [0, 0.1) is 0 Å². The molecule has 0 aliphatic rings. The highest BCUT2D eigenvalue weighted by molar-refractivity contribution is 6.30. The van der Waals surface area contributed by atoms with Crippen LogP contribution in [0.15, 0.2) is 30.3 Å². The van der Waals surface area contributed by atoms with Crippen LogP contribution in [0.1, 0.15) is 30.6 Å². The van der Waals surface area contributed by atoms with E-state index < -0.39 is 0 Å². The molecule has 0 saturated heterocycles. The molecule has 1 aromatic heterocycles. The van der Waals surface area contributed by atoms with Crippen LogP contribution in [0.4, 0.5) is 0 Å². The molecule has 4 heteroatoms. The van der Waals surface area contributed by atoms with Gasteiger partial charge in [-0.2, -0.15) is 0 Å². The van der Waals surface area contributed by atoms with E-state index in [4.69, 9.17) is 11.6 Å². The Labute approximate surface area is 111 Å². The van der Waals surface area contributed by atoms with Gasteiger partial charge in [-0.1, -0.05) is 36.7 Å². The minimum atomic E-state index is -0.107. The Morgan fingerprint density at radius 3 is 2.89 bits per heavy atom. The van der Waals surface area contributed by atoms with E-state index in [-0.39, 0.29) is 11.9 Å². The predicted molar refractivity (Wildman–Crippen MR) is 74.0 cm³/mol. The van der Waals surface area contributed by atoms with Crippen molar-refractivity contribution in [3.8, 4) is 0 Å². The maximum Gasteiger partial charge on any atom is 0.252 e. The number of hydrogen-bond acceptors (Lipinski definition) is 2. The van der Waals surface area contributed by atoms with E-state index in [1.165, 1.54) is 0 Å². The summed E-state index contributed by atoms with van der Waals surface area (Å²) in [5, 5.41) is 4.10. The molecule has 3 nitrogen and oxygen atoms in total. The smallest absolute Gasteiger partial charge is 0.252 e. The van der Waals surface area contributed by atoms with Gasteiger partial charge in [-0.15, -0.1) is 0 Å². The first-order valence-corrected chi connectivity index (χ1v) is 6.35. The molecular weight excluding hydrogens is 248 g/mol.